The summed E-state index contributed by atoms with van der Waals surface area (Å²) in [5.74, 6) is 0.938. The molecule has 0 spiro atoms. The number of rotatable bonds is 5. The summed E-state index contributed by atoms with van der Waals surface area (Å²) < 4.78 is 14.9. The summed E-state index contributed by atoms with van der Waals surface area (Å²) >= 11 is 0. The van der Waals surface area contributed by atoms with Crippen molar-refractivity contribution < 1.29 is 24.1 Å². The van der Waals surface area contributed by atoms with Gasteiger partial charge in [-0.25, -0.2) is 0 Å². The number of nitrogens with one attached hydrogen (secondary N) is 1. The molecule has 6 nitrogen and oxygen atoms in total. The van der Waals surface area contributed by atoms with Gasteiger partial charge in [-0.05, 0) is 12.1 Å². The number of esters is 1. The summed E-state index contributed by atoms with van der Waals surface area (Å²) in [6.45, 7) is 0.485. The first-order valence-electron chi connectivity index (χ1n) is 5.57. The first-order chi connectivity index (χ1) is 8.69. The van der Waals surface area contributed by atoms with E-state index in [-0.39, 0.29) is 19.8 Å². The van der Waals surface area contributed by atoms with Gasteiger partial charge in [0.1, 0.15) is 0 Å². The fourth-order valence-electron chi connectivity index (χ4n) is 1.59. The van der Waals surface area contributed by atoms with Crippen molar-refractivity contribution in [2.24, 2.45) is 0 Å². The van der Waals surface area contributed by atoms with Crippen LogP contribution in [-0.4, -0.2) is 37.6 Å². The number of fused-ring (bicyclic) bond motifs is 1. The van der Waals surface area contributed by atoms with Gasteiger partial charge in [0, 0.05) is 18.3 Å². The minimum Gasteiger partial charge on any atom is -0.469 e. The van der Waals surface area contributed by atoms with Crippen LogP contribution in [0.1, 0.15) is 6.42 Å². The van der Waals surface area contributed by atoms with Gasteiger partial charge in [0.15, 0.2) is 11.5 Å². The predicted octanol–water partition coefficient (Wildman–Crippen LogP) is 0.751. The highest BCUT2D eigenvalue weighted by Gasteiger charge is 2.14. The number of carbonyl (C=O) groups excluding carboxylic acids is 1. The smallest absolute Gasteiger partial charge is 0.308 e. The van der Waals surface area contributed by atoms with E-state index in [4.69, 9.17) is 9.47 Å². The number of ether oxygens (including phenoxy) is 3. The lowest BCUT2D eigenvalue weighted by molar-refractivity contribution is -0.142. The molecule has 1 aliphatic heterocycles. The fourth-order valence-corrected chi connectivity index (χ4v) is 1.59. The van der Waals surface area contributed by atoms with E-state index in [1.807, 2.05) is 6.07 Å². The second-order valence-electron chi connectivity index (χ2n) is 3.88. The molecule has 0 bridgehead atoms. The summed E-state index contributed by atoms with van der Waals surface area (Å²) in [6.07, 6.45) is -0.823. The monoisotopic (exact) mass is 253 g/mol. The average molecular weight is 253 g/mol. The molecule has 6 heteroatoms. The number of anilines is 1. The summed E-state index contributed by atoms with van der Waals surface area (Å²) in [5, 5.41) is 12.6. The number of carbonyl (C=O) groups is 1. The highest BCUT2D eigenvalue weighted by atomic mass is 16.7. The number of hydrogen-bond acceptors (Lipinski definition) is 6. The minimum absolute atomic E-state index is 0.0337. The van der Waals surface area contributed by atoms with Gasteiger partial charge in [-0.1, -0.05) is 0 Å². The quantitative estimate of drug-likeness (QED) is 0.754. The zero-order chi connectivity index (χ0) is 13.0. The Labute approximate surface area is 104 Å². The van der Waals surface area contributed by atoms with Crippen LogP contribution in [0, 0.1) is 0 Å². The van der Waals surface area contributed by atoms with E-state index in [2.05, 4.69) is 10.1 Å². The lowest BCUT2D eigenvalue weighted by Crippen LogP contribution is -2.23. The second kappa shape index (κ2) is 5.59. The van der Waals surface area contributed by atoms with Crippen molar-refractivity contribution in [2.45, 2.75) is 12.5 Å². The Balaban J connectivity index is 1.85. The van der Waals surface area contributed by atoms with Gasteiger partial charge in [0.05, 0.1) is 19.6 Å². The number of methoxy groups -OCH3 is 1. The molecule has 0 aliphatic carbocycles. The molecule has 0 fully saturated rings. The maximum absolute atomic E-state index is 10.9. The van der Waals surface area contributed by atoms with Crippen molar-refractivity contribution in [3.8, 4) is 11.5 Å². The molecule has 0 amide bonds. The van der Waals surface area contributed by atoms with Gasteiger partial charge < -0.3 is 24.6 Å². The molecule has 0 aromatic heterocycles. The molecule has 2 rings (SSSR count). The van der Waals surface area contributed by atoms with Crippen LogP contribution < -0.4 is 14.8 Å². The van der Waals surface area contributed by atoms with Crippen LogP contribution in [0.5, 0.6) is 11.5 Å². The van der Waals surface area contributed by atoms with Crippen LogP contribution in [0.3, 0.4) is 0 Å². The Morgan fingerprint density at radius 2 is 2.28 bits per heavy atom. The Morgan fingerprint density at radius 3 is 3.06 bits per heavy atom. The molecule has 98 valence electrons. The molecule has 0 saturated carbocycles. The van der Waals surface area contributed by atoms with Crippen LogP contribution in [0.25, 0.3) is 0 Å². The molecule has 1 atom stereocenters. The Kier molecular flexibility index (Phi) is 3.88. The number of hydrogen-bond donors (Lipinski definition) is 2. The Morgan fingerprint density at radius 1 is 1.50 bits per heavy atom. The fraction of sp³-hybridized carbons (Fsp3) is 0.417. The van der Waals surface area contributed by atoms with E-state index in [1.165, 1.54) is 7.11 Å². The van der Waals surface area contributed by atoms with Gasteiger partial charge in [-0.2, -0.15) is 0 Å². The van der Waals surface area contributed by atoms with Crippen molar-refractivity contribution in [1.29, 1.82) is 0 Å². The Hall–Kier alpha value is -1.95. The average Bonchev–Trinajstić information content (AvgIpc) is 2.83. The molecular weight excluding hydrogens is 238 g/mol. The van der Waals surface area contributed by atoms with Gasteiger partial charge in [0.25, 0.3) is 0 Å². The zero-order valence-electron chi connectivity index (χ0n) is 10.0. The standard InChI is InChI=1S/C12H15NO5/c1-16-12(15)5-9(14)6-13-8-2-3-10-11(4-8)18-7-17-10/h2-4,9,13-14H,5-7H2,1H3. The summed E-state index contributed by atoms with van der Waals surface area (Å²) in [6, 6.07) is 5.39. The molecule has 1 aromatic rings. The lowest BCUT2D eigenvalue weighted by Gasteiger charge is -2.12. The van der Waals surface area contributed by atoms with Crippen LogP contribution in [0.4, 0.5) is 5.69 Å². The normalized spacial score (nSPS) is 14.1. The molecule has 0 saturated heterocycles. The molecule has 1 heterocycles. The zero-order valence-corrected chi connectivity index (χ0v) is 10.0. The van der Waals surface area contributed by atoms with Gasteiger partial charge in [-0.15, -0.1) is 0 Å². The first kappa shape index (κ1) is 12.5. The molecule has 1 aliphatic rings. The van der Waals surface area contributed by atoms with Crippen molar-refractivity contribution in [2.75, 3.05) is 25.8 Å². The number of aliphatic hydroxyl groups excluding tert-OH is 1. The van der Waals surface area contributed by atoms with Crippen LogP contribution in [0.15, 0.2) is 18.2 Å². The number of aliphatic hydroxyl groups is 1. The molecule has 1 unspecified atom stereocenters. The molecule has 18 heavy (non-hydrogen) atoms. The van der Waals surface area contributed by atoms with Gasteiger partial charge in [-0.3, -0.25) is 4.79 Å². The van der Waals surface area contributed by atoms with E-state index in [0.29, 0.717) is 11.5 Å². The van der Waals surface area contributed by atoms with Crippen molar-refractivity contribution in [3.05, 3.63) is 18.2 Å². The van der Waals surface area contributed by atoms with Gasteiger partial charge >= 0.3 is 5.97 Å². The number of benzene rings is 1. The second-order valence-corrected chi connectivity index (χ2v) is 3.88. The largest absolute Gasteiger partial charge is 0.469 e. The lowest BCUT2D eigenvalue weighted by atomic mass is 10.2. The van der Waals surface area contributed by atoms with Crippen LogP contribution in [-0.2, 0) is 9.53 Å². The summed E-state index contributed by atoms with van der Waals surface area (Å²) in [7, 11) is 1.29. The Bertz CT molecular complexity index is 434. The van der Waals surface area contributed by atoms with E-state index in [0.717, 1.165) is 5.69 Å². The maximum atomic E-state index is 10.9. The molecule has 1 aromatic carbocycles. The third-order valence-electron chi connectivity index (χ3n) is 2.54. The van der Waals surface area contributed by atoms with E-state index >= 15 is 0 Å². The van der Waals surface area contributed by atoms with E-state index in [9.17, 15) is 9.90 Å². The predicted molar refractivity (Wildman–Crippen MR) is 63.7 cm³/mol. The minimum atomic E-state index is -0.789. The van der Waals surface area contributed by atoms with Crippen molar-refractivity contribution in [3.63, 3.8) is 0 Å². The van der Waals surface area contributed by atoms with Crippen molar-refractivity contribution >= 4 is 11.7 Å². The highest BCUT2D eigenvalue weighted by molar-refractivity contribution is 5.69. The van der Waals surface area contributed by atoms with Crippen LogP contribution >= 0.6 is 0 Å². The summed E-state index contributed by atoms with van der Waals surface area (Å²) in [5.41, 5.74) is 0.795. The van der Waals surface area contributed by atoms with E-state index < -0.39 is 12.1 Å². The molecule has 2 N–H and O–H groups in total. The summed E-state index contributed by atoms with van der Waals surface area (Å²) in [4.78, 5) is 10.9. The topological polar surface area (TPSA) is 77.0 Å². The maximum Gasteiger partial charge on any atom is 0.308 e. The SMILES string of the molecule is COC(=O)CC(O)CNc1ccc2c(c1)OCO2. The third-order valence-corrected chi connectivity index (χ3v) is 2.54. The molecular formula is C12H15NO5. The van der Waals surface area contributed by atoms with E-state index in [1.54, 1.807) is 12.1 Å². The highest BCUT2D eigenvalue weighted by Crippen LogP contribution is 2.34. The van der Waals surface area contributed by atoms with Crippen molar-refractivity contribution in [1.82, 2.24) is 0 Å². The van der Waals surface area contributed by atoms with Crippen LogP contribution in [0.2, 0.25) is 0 Å². The van der Waals surface area contributed by atoms with Gasteiger partial charge in [0.2, 0.25) is 6.79 Å². The third kappa shape index (κ3) is 3.04. The first-order valence-corrected chi connectivity index (χ1v) is 5.57. The molecule has 0 radical (unpaired) electrons.